The minimum absolute atomic E-state index is 0.0259. The maximum absolute atomic E-state index is 12.9. The van der Waals surface area contributed by atoms with Crippen LogP contribution in [-0.2, 0) is 9.53 Å². The smallest absolute Gasteiger partial charge is 0.338 e. The first-order chi connectivity index (χ1) is 14.8. The summed E-state index contributed by atoms with van der Waals surface area (Å²) in [6.07, 6.45) is 0. The molecule has 2 amide bonds. The van der Waals surface area contributed by atoms with Gasteiger partial charge in [0, 0.05) is 18.3 Å². The summed E-state index contributed by atoms with van der Waals surface area (Å²) in [7, 11) is 3.57. The van der Waals surface area contributed by atoms with E-state index in [0.717, 1.165) is 11.3 Å². The van der Waals surface area contributed by atoms with Crippen molar-refractivity contribution in [3.63, 3.8) is 0 Å². The SMILES string of the molecule is CCOC(=O)C1=C(CN(C)[C@@H](C)c2ccc(OC)cc2)NC(=O)N[C@H]1c1ccc(C)o1. The molecule has 1 aliphatic rings. The van der Waals surface area contributed by atoms with Gasteiger partial charge >= 0.3 is 12.0 Å². The normalized spacial score (nSPS) is 17.2. The lowest BCUT2D eigenvalue weighted by Crippen LogP contribution is -2.48. The number of ether oxygens (including phenoxy) is 2. The van der Waals surface area contributed by atoms with Gasteiger partial charge in [-0.3, -0.25) is 4.90 Å². The zero-order valence-electron chi connectivity index (χ0n) is 18.5. The third kappa shape index (κ3) is 5.08. The van der Waals surface area contributed by atoms with Crippen molar-refractivity contribution in [2.24, 2.45) is 0 Å². The minimum atomic E-state index is -0.721. The highest BCUT2D eigenvalue weighted by Gasteiger charge is 2.36. The molecule has 2 aromatic rings. The van der Waals surface area contributed by atoms with Crippen LogP contribution in [0.2, 0.25) is 0 Å². The Morgan fingerprint density at radius 1 is 1.23 bits per heavy atom. The summed E-state index contributed by atoms with van der Waals surface area (Å²) in [6, 6.07) is 10.3. The van der Waals surface area contributed by atoms with Crippen molar-refractivity contribution in [1.82, 2.24) is 15.5 Å². The number of likely N-dealkylation sites (N-methyl/N-ethyl adjacent to an activating group) is 1. The summed E-state index contributed by atoms with van der Waals surface area (Å²) in [6.45, 7) is 6.18. The Labute approximate surface area is 182 Å². The highest BCUT2D eigenvalue weighted by Crippen LogP contribution is 2.30. The highest BCUT2D eigenvalue weighted by molar-refractivity contribution is 5.95. The van der Waals surface area contributed by atoms with Crippen LogP contribution in [0.3, 0.4) is 0 Å². The summed E-state index contributed by atoms with van der Waals surface area (Å²) < 4.78 is 16.2. The number of furan rings is 1. The van der Waals surface area contributed by atoms with Crippen LogP contribution in [-0.4, -0.2) is 44.2 Å². The Balaban J connectivity index is 1.92. The Morgan fingerprint density at radius 3 is 2.52 bits per heavy atom. The van der Waals surface area contributed by atoms with Crippen molar-refractivity contribution < 1.29 is 23.5 Å². The van der Waals surface area contributed by atoms with Crippen LogP contribution < -0.4 is 15.4 Å². The van der Waals surface area contributed by atoms with E-state index in [2.05, 4.69) is 17.6 Å². The summed E-state index contributed by atoms with van der Waals surface area (Å²) in [5.41, 5.74) is 1.91. The van der Waals surface area contributed by atoms with E-state index in [4.69, 9.17) is 13.9 Å². The number of hydrogen-bond donors (Lipinski definition) is 2. The molecule has 8 heteroatoms. The Bertz CT molecular complexity index is 964. The Hall–Kier alpha value is -3.26. The largest absolute Gasteiger partial charge is 0.497 e. The second-order valence-electron chi connectivity index (χ2n) is 7.46. The minimum Gasteiger partial charge on any atom is -0.497 e. The highest BCUT2D eigenvalue weighted by atomic mass is 16.5. The lowest BCUT2D eigenvalue weighted by Gasteiger charge is -2.32. The van der Waals surface area contributed by atoms with Crippen molar-refractivity contribution in [2.75, 3.05) is 27.3 Å². The first kappa shape index (κ1) is 22.4. The molecule has 0 radical (unpaired) electrons. The molecule has 0 fully saturated rings. The number of amides is 2. The number of benzene rings is 1. The molecule has 0 saturated heterocycles. The molecule has 1 aliphatic heterocycles. The third-order valence-electron chi connectivity index (χ3n) is 5.36. The van der Waals surface area contributed by atoms with Crippen LogP contribution in [0.4, 0.5) is 4.79 Å². The van der Waals surface area contributed by atoms with Gasteiger partial charge in [-0.25, -0.2) is 9.59 Å². The van der Waals surface area contributed by atoms with Crippen LogP contribution in [0.25, 0.3) is 0 Å². The second kappa shape index (κ2) is 9.70. The molecule has 1 aromatic carbocycles. The summed E-state index contributed by atoms with van der Waals surface area (Å²) in [5, 5.41) is 5.57. The molecule has 0 bridgehead atoms. The molecule has 0 spiro atoms. The van der Waals surface area contributed by atoms with Crippen molar-refractivity contribution in [2.45, 2.75) is 32.9 Å². The first-order valence-electron chi connectivity index (χ1n) is 10.2. The van der Waals surface area contributed by atoms with Gasteiger partial charge in [0.25, 0.3) is 0 Å². The molecule has 2 heterocycles. The lowest BCUT2D eigenvalue weighted by molar-refractivity contribution is -0.139. The van der Waals surface area contributed by atoms with Crippen molar-refractivity contribution >= 4 is 12.0 Å². The fourth-order valence-corrected chi connectivity index (χ4v) is 3.54. The standard InChI is InChI=1S/C23H29N3O5/c1-6-30-22(27)20-18(24-23(28)25-21(20)19-12-7-14(2)31-19)13-26(4)15(3)16-8-10-17(29-5)11-9-16/h7-12,15,21H,6,13H2,1-5H3,(H2,24,25,28)/t15-,21-/m0/s1. The maximum Gasteiger partial charge on any atom is 0.338 e. The quantitative estimate of drug-likeness (QED) is 0.627. The van der Waals surface area contributed by atoms with Crippen LogP contribution >= 0.6 is 0 Å². The first-order valence-corrected chi connectivity index (χ1v) is 10.2. The summed E-state index contributed by atoms with van der Waals surface area (Å²) in [4.78, 5) is 27.3. The molecule has 166 valence electrons. The van der Waals surface area contributed by atoms with Gasteiger partial charge in [-0.2, -0.15) is 0 Å². The molecule has 8 nitrogen and oxygen atoms in total. The van der Waals surface area contributed by atoms with Gasteiger partial charge < -0.3 is 24.5 Å². The summed E-state index contributed by atoms with van der Waals surface area (Å²) in [5.74, 6) is 1.47. The van der Waals surface area contributed by atoms with Crippen LogP contribution in [0, 0.1) is 6.92 Å². The van der Waals surface area contributed by atoms with E-state index in [1.807, 2.05) is 43.1 Å². The number of rotatable bonds is 8. The average molecular weight is 428 g/mol. The molecule has 31 heavy (non-hydrogen) atoms. The van der Waals surface area contributed by atoms with Gasteiger partial charge in [-0.1, -0.05) is 12.1 Å². The number of nitrogens with one attached hydrogen (secondary N) is 2. The second-order valence-corrected chi connectivity index (χ2v) is 7.46. The van der Waals surface area contributed by atoms with Crippen molar-refractivity contribution in [1.29, 1.82) is 0 Å². The molecular weight excluding hydrogens is 398 g/mol. The molecule has 2 atom stereocenters. The van der Waals surface area contributed by atoms with Crippen molar-refractivity contribution in [3.8, 4) is 5.75 Å². The number of esters is 1. The number of carbonyl (C=O) groups is 2. The number of methoxy groups -OCH3 is 1. The maximum atomic E-state index is 12.9. The topological polar surface area (TPSA) is 93.0 Å². The van der Waals surface area contributed by atoms with Crippen molar-refractivity contribution in [3.05, 3.63) is 64.8 Å². The van der Waals surface area contributed by atoms with Crippen LogP contribution in [0.15, 0.2) is 52.1 Å². The van der Waals surface area contributed by atoms with E-state index in [9.17, 15) is 9.59 Å². The predicted molar refractivity (Wildman–Crippen MR) is 116 cm³/mol. The number of hydrogen-bond acceptors (Lipinski definition) is 6. The third-order valence-corrected chi connectivity index (χ3v) is 5.36. The lowest BCUT2D eigenvalue weighted by atomic mass is 9.99. The van der Waals surface area contributed by atoms with Gasteiger partial charge in [-0.15, -0.1) is 0 Å². The van der Waals surface area contributed by atoms with E-state index < -0.39 is 18.0 Å². The Morgan fingerprint density at radius 2 is 1.94 bits per heavy atom. The fraction of sp³-hybridized carbons (Fsp3) is 0.391. The number of carbonyl (C=O) groups excluding carboxylic acids is 2. The molecular formula is C23H29N3O5. The monoisotopic (exact) mass is 427 g/mol. The average Bonchev–Trinajstić information content (AvgIpc) is 3.19. The van der Waals surface area contributed by atoms with E-state index in [1.54, 1.807) is 26.2 Å². The number of aryl methyl sites for hydroxylation is 1. The molecule has 2 N–H and O–H groups in total. The summed E-state index contributed by atoms with van der Waals surface area (Å²) >= 11 is 0. The molecule has 1 aromatic heterocycles. The van der Waals surface area contributed by atoms with E-state index in [1.165, 1.54) is 0 Å². The van der Waals surface area contributed by atoms with Gasteiger partial charge in [0.2, 0.25) is 0 Å². The van der Waals surface area contributed by atoms with E-state index in [-0.39, 0.29) is 12.6 Å². The van der Waals surface area contributed by atoms with Gasteiger partial charge in [-0.05, 0) is 57.6 Å². The number of urea groups is 1. The van der Waals surface area contributed by atoms with E-state index in [0.29, 0.717) is 29.3 Å². The van der Waals surface area contributed by atoms with Crippen LogP contribution in [0.5, 0.6) is 5.75 Å². The molecule has 0 unspecified atom stereocenters. The molecule has 0 aliphatic carbocycles. The molecule has 3 rings (SSSR count). The Kier molecular flexibility index (Phi) is 7.02. The van der Waals surface area contributed by atoms with Gasteiger partial charge in [0.1, 0.15) is 23.3 Å². The molecule has 0 saturated carbocycles. The zero-order valence-corrected chi connectivity index (χ0v) is 18.5. The number of nitrogens with zero attached hydrogens (tertiary/aromatic N) is 1. The van der Waals surface area contributed by atoms with Gasteiger partial charge in [0.15, 0.2) is 0 Å². The van der Waals surface area contributed by atoms with Crippen LogP contribution in [0.1, 0.15) is 43.0 Å². The van der Waals surface area contributed by atoms with Gasteiger partial charge in [0.05, 0.1) is 19.3 Å². The fourth-order valence-electron chi connectivity index (χ4n) is 3.54. The van der Waals surface area contributed by atoms with E-state index >= 15 is 0 Å². The predicted octanol–water partition coefficient (Wildman–Crippen LogP) is 3.46. The zero-order chi connectivity index (χ0) is 22.5.